The molecule has 0 aliphatic rings. The van der Waals surface area contributed by atoms with E-state index in [0.29, 0.717) is 6.61 Å². The normalized spacial score (nSPS) is 14.1. The van der Waals surface area contributed by atoms with Crippen molar-refractivity contribution in [2.24, 2.45) is 0 Å². The van der Waals surface area contributed by atoms with Gasteiger partial charge in [0, 0.05) is 13.0 Å². The van der Waals surface area contributed by atoms with Crippen molar-refractivity contribution in [2.75, 3.05) is 33.0 Å². The molecule has 328 valence electrons. The van der Waals surface area contributed by atoms with Gasteiger partial charge in [0.15, 0.2) is 0 Å². The van der Waals surface area contributed by atoms with Gasteiger partial charge in [0.05, 0.1) is 26.4 Å². The zero-order valence-corrected chi connectivity index (χ0v) is 36.8. The average molecular weight is 805 g/mol. The van der Waals surface area contributed by atoms with Crippen LogP contribution in [0.5, 0.6) is 0 Å². The van der Waals surface area contributed by atoms with Gasteiger partial charge in [-0.1, -0.05) is 199 Å². The Kier molecular flexibility index (Phi) is 42.2. The first-order valence-electron chi connectivity index (χ1n) is 23.2. The van der Waals surface area contributed by atoms with E-state index in [1.165, 1.54) is 154 Å². The molecule has 0 spiro atoms. The van der Waals surface area contributed by atoms with E-state index in [2.05, 4.69) is 26.0 Å². The Hall–Kier alpha value is -0.800. The highest BCUT2D eigenvalue weighted by molar-refractivity contribution is 7.47. The molecule has 0 aromatic heterocycles. The van der Waals surface area contributed by atoms with Crippen molar-refractivity contribution in [1.82, 2.24) is 0 Å². The lowest BCUT2D eigenvalue weighted by Crippen LogP contribution is -2.29. The fourth-order valence-corrected chi connectivity index (χ4v) is 7.44. The number of ether oxygens (including phenoxy) is 2. The number of hydrogen-bond acceptors (Lipinski definition) is 8. The summed E-state index contributed by atoms with van der Waals surface area (Å²) >= 11 is 0. The largest absolute Gasteiger partial charge is 0.472 e. The van der Waals surface area contributed by atoms with Gasteiger partial charge < -0.3 is 24.6 Å². The van der Waals surface area contributed by atoms with E-state index in [0.717, 1.165) is 51.4 Å². The van der Waals surface area contributed by atoms with Crippen LogP contribution in [0.4, 0.5) is 0 Å². The van der Waals surface area contributed by atoms with Gasteiger partial charge >= 0.3 is 13.8 Å². The van der Waals surface area contributed by atoms with Crippen molar-refractivity contribution in [1.29, 1.82) is 0 Å². The first-order chi connectivity index (χ1) is 26.8. The van der Waals surface area contributed by atoms with E-state index < -0.39 is 33.2 Å². The second-order valence-corrected chi connectivity index (χ2v) is 17.2. The predicted molar refractivity (Wildman–Crippen MR) is 228 cm³/mol. The fraction of sp³-hybridized carbons (Fsp3) is 0.933. The smallest absolute Gasteiger partial charge is 0.457 e. The number of carbonyl (C=O) groups is 1. The Balaban J connectivity index is 3.99. The number of esters is 1. The van der Waals surface area contributed by atoms with Crippen molar-refractivity contribution in [2.45, 2.75) is 238 Å². The maximum atomic E-state index is 12.6. The lowest BCUT2D eigenvalue weighted by Gasteiger charge is -2.20. The Morgan fingerprint density at radius 1 is 0.545 bits per heavy atom. The molecule has 0 saturated carbocycles. The molecule has 0 aromatic rings. The maximum absolute atomic E-state index is 12.6. The topological polar surface area (TPSA) is 132 Å². The number of hydrogen-bond donors (Lipinski definition) is 3. The van der Waals surface area contributed by atoms with Crippen LogP contribution in [0, 0.1) is 0 Å². The summed E-state index contributed by atoms with van der Waals surface area (Å²) in [5.74, 6) is -0.380. The minimum Gasteiger partial charge on any atom is -0.457 e. The highest BCUT2D eigenvalue weighted by Gasteiger charge is 2.26. The zero-order chi connectivity index (χ0) is 40.3. The van der Waals surface area contributed by atoms with E-state index in [4.69, 9.17) is 23.6 Å². The lowest BCUT2D eigenvalue weighted by atomic mass is 10.0. The van der Waals surface area contributed by atoms with Gasteiger partial charge in [0.1, 0.15) is 12.2 Å². The van der Waals surface area contributed by atoms with Crippen LogP contribution in [-0.4, -0.2) is 66.3 Å². The molecule has 0 amide bonds. The van der Waals surface area contributed by atoms with Gasteiger partial charge in [0.25, 0.3) is 0 Å². The summed E-state index contributed by atoms with van der Waals surface area (Å²) < 4.78 is 33.3. The second-order valence-electron chi connectivity index (χ2n) is 15.8. The van der Waals surface area contributed by atoms with Gasteiger partial charge in [-0.15, -0.1) is 0 Å². The molecular formula is C45H89O9P. The van der Waals surface area contributed by atoms with E-state index in [-0.39, 0.29) is 25.6 Å². The third kappa shape index (κ3) is 42.6. The predicted octanol–water partition coefficient (Wildman–Crippen LogP) is 12.9. The van der Waals surface area contributed by atoms with Crippen LogP contribution in [-0.2, 0) is 27.9 Å². The summed E-state index contributed by atoms with van der Waals surface area (Å²) in [5.41, 5.74) is 0. The summed E-state index contributed by atoms with van der Waals surface area (Å²) in [7, 11) is -4.51. The minimum absolute atomic E-state index is 0.0501. The van der Waals surface area contributed by atoms with Gasteiger partial charge in [-0.2, -0.15) is 0 Å². The van der Waals surface area contributed by atoms with Crippen molar-refractivity contribution in [3.8, 4) is 0 Å². The molecule has 0 aliphatic heterocycles. The second kappa shape index (κ2) is 42.8. The van der Waals surface area contributed by atoms with Crippen LogP contribution in [0.25, 0.3) is 0 Å². The molecule has 3 N–H and O–H groups in total. The molecule has 9 nitrogen and oxygen atoms in total. The molecule has 0 rings (SSSR count). The van der Waals surface area contributed by atoms with Crippen molar-refractivity contribution >= 4 is 13.8 Å². The quantitative estimate of drug-likeness (QED) is 0.0238. The molecule has 0 saturated heterocycles. The van der Waals surface area contributed by atoms with E-state index in [9.17, 15) is 19.4 Å². The molecule has 0 aromatic carbocycles. The number of phosphoric ester groups is 1. The average Bonchev–Trinajstić information content (AvgIpc) is 3.18. The first kappa shape index (κ1) is 54.2. The highest BCUT2D eigenvalue weighted by atomic mass is 31.2. The number of carbonyl (C=O) groups excluding carboxylic acids is 1. The number of unbranched alkanes of at least 4 members (excludes halogenated alkanes) is 29. The molecule has 0 bridgehead atoms. The maximum Gasteiger partial charge on any atom is 0.472 e. The zero-order valence-electron chi connectivity index (χ0n) is 35.9. The Bertz CT molecular complexity index is 871. The van der Waals surface area contributed by atoms with Gasteiger partial charge in [-0.3, -0.25) is 13.8 Å². The molecular weight excluding hydrogens is 715 g/mol. The molecule has 0 radical (unpaired) electrons. The number of aliphatic hydroxyl groups is 2. The van der Waals surface area contributed by atoms with Crippen LogP contribution in [0.2, 0.25) is 0 Å². The summed E-state index contributed by atoms with van der Waals surface area (Å²) in [6.07, 6.45) is 43.3. The number of rotatable bonds is 45. The van der Waals surface area contributed by atoms with Crippen LogP contribution < -0.4 is 0 Å². The molecule has 3 unspecified atom stereocenters. The van der Waals surface area contributed by atoms with Crippen LogP contribution in [0.1, 0.15) is 226 Å². The number of phosphoric acid groups is 1. The number of allylic oxidation sites excluding steroid dienone is 2. The number of aliphatic hydroxyl groups excluding tert-OH is 2. The van der Waals surface area contributed by atoms with E-state index in [1.54, 1.807) is 0 Å². The Morgan fingerprint density at radius 2 is 0.964 bits per heavy atom. The SMILES string of the molecule is CCC/C=C\CCCCCCCCOCC(COP(=O)(O)OCC(O)CO)OC(=O)CCCCCCCCCCCCCCCCCCCCCCCCC. The third-order valence-corrected chi connectivity index (χ3v) is 11.1. The summed E-state index contributed by atoms with van der Waals surface area (Å²) in [4.78, 5) is 22.6. The molecule has 3 atom stereocenters. The van der Waals surface area contributed by atoms with E-state index in [1.807, 2.05) is 0 Å². The third-order valence-electron chi connectivity index (χ3n) is 10.2. The Labute approximate surface area is 339 Å². The van der Waals surface area contributed by atoms with Crippen molar-refractivity contribution in [3.63, 3.8) is 0 Å². The fourth-order valence-electron chi connectivity index (χ4n) is 6.65. The summed E-state index contributed by atoms with van der Waals surface area (Å²) in [6, 6.07) is 0. The minimum atomic E-state index is -4.51. The highest BCUT2D eigenvalue weighted by Crippen LogP contribution is 2.43. The standard InChI is InChI=1S/C45H89O9P/c1-3-5-7-9-11-13-15-16-17-18-19-20-21-22-23-24-25-26-27-29-31-33-35-37-45(48)54-44(42-53-55(49,50)52-40-43(47)39-46)41-51-38-36-34-32-30-28-14-12-10-8-6-4-2/h8,10,43-44,46-47H,3-7,9,11-42H2,1-2H3,(H,49,50)/b10-8-. The lowest BCUT2D eigenvalue weighted by molar-refractivity contribution is -0.154. The van der Waals surface area contributed by atoms with Crippen molar-refractivity contribution in [3.05, 3.63) is 12.2 Å². The van der Waals surface area contributed by atoms with Gasteiger partial charge in [-0.05, 0) is 32.1 Å². The summed E-state index contributed by atoms with van der Waals surface area (Å²) in [6.45, 7) is 3.49. The van der Waals surface area contributed by atoms with Crippen molar-refractivity contribution < 1.29 is 43.0 Å². The van der Waals surface area contributed by atoms with E-state index >= 15 is 0 Å². The molecule has 0 aliphatic carbocycles. The van der Waals surface area contributed by atoms with Crippen LogP contribution in [0.15, 0.2) is 12.2 Å². The molecule has 0 heterocycles. The molecule has 10 heteroatoms. The Morgan fingerprint density at radius 3 is 1.44 bits per heavy atom. The van der Waals surface area contributed by atoms with Gasteiger partial charge in [0.2, 0.25) is 0 Å². The van der Waals surface area contributed by atoms with Crippen LogP contribution in [0.3, 0.4) is 0 Å². The first-order valence-corrected chi connectivity index (χ1v) is 24.7. The van der Waals surface area contributed by atoms with Crippen LogP contribution >= 0.6 is 7.82 Å². The molecule has 55 heavy (non-hydrogen) atoms. The van der Waals surface area contributed by atoms with Gasteiger partial charge in [-0.25, -0.2) is 4.57 Å². The summed E-state index contributed by atoms with van der Waals surface area (Å²) in [5, 5.41) is 18.3. The monoisotopic (exact) mass is 805 g/mol. The molecule has 0 fully saturated rings.